The van der Waals surface area contributed by atoms with E-state index in [0.29, 0.717) is 22.8 Å². The van der Waals surface area contributed by atoms with Crippen molar-refractivity contribution in [3.05, 3.63) is 54.1 Å². The van der Waals surface area contributed by atoms with Crippen LogP contribution < -0.4 is 20.2 Å². The molecule has 0 aliphatic heterocycles. The van der Waals surface area contributed by atoms with Gasteiger partial charge < -0.3 is 14.3 Å². The number of hydrogen-bond donors (Lipinski definition) is 1. The first kappa shape index (κ1) is 12.9. The van der Waals surface area contributed by atoms with Crippen LogP contribution in [-0.2, 0) is 0 Å². The number of carbonyl (C=O) groups excluding carboxylic acids is 1. The second-order valence-electron chi connectivity index (χ2n) is 3.71. The number of carbonyl (C=O) groups is 1. The van der Waals surface area contributed by atoms with Crippen molar-refractivity contribution >= 4 is 5.97 Å². The van der Waals surface area contributed by atoms with E-state index in [0.717, 1.165) is 0 Å². The monoisotopic (exact) mass is 259 g/mol. The van der Waals surface area contributed by atoms with Gasteiger partial charge in [0.1, 0.15) is 17.2 Å². The van der Waals surface area contributed by atoms with Crippen molar-refractivity contribution in [2.45, 2.75) is 0 Å². The van der Waals surface area contributed by atoms with E-state index in [-0.39, 0.29) is 0 Å². The van der Waals surface area contributed by atoms with Crippen molar-refractivity contribution in [3.8, 4) is 17.2 Å². The Hall–Kier alpha value is -2.53. The highest BCUT2D eigenvalue weighted by atomic mass is 16.6. The Morgan fingerprint density at radius 1 is 0.895 bits per heavy atom. The van der Waals surface area contributed by atoms with E-state index >= 15 is 0 Å². The van der Waals surface area contributed by atoms with Crippen LogP contribution in [0, 0.1) is 0 Å². The Bertz CT molecular complexity index is 549. The minimum atomic E-state index is -0.450. The quantitative estimate of drug-likeness (QED) is 0.517. The first-order valence-corrected chi connectivity index (χ1v) is 5.56. The van der Waals surface area contributed by atoms with Gasteiger partial charge in [-0.3, -0.25) is 0 Å². The molecule has 0 unspecified atom stereocenters. The van der Waals surface area contributed by atoms with Crippen molar-refractivity contribution in [2.75, 3.05) is 7.11 Å². The maximum atomic E-state index is 11.8. The second kappa shape index (κ2) is 5.88. The predicted molar refractivity (Wildman–Crippen MR) is 69.2 cm³/mol. The molecule has 2 aromatic carbocycles. The molecule has 0 radical (unpaired) electrons. The van der Waals surface area contributed by atoms with Crippen molar-refractivity contribution in [1.82, 2.24) is 0 Å². The van der Waals surface area contributed by atoms with E-state index in [1.807, 2.05) is 0 Å². The smallest absolute Gasteiger partial charge is 0.343 e. The van der Waals surface area contributed by atoms with Gasteiger partial charge in [0.15, 0.2) is 0 Å². The van der Waals surface area contributed by atoms with Gasteiger partial charge in [-0.1, -0.05) is 0 Å². The molecule has 19 heavy (non-hydrogen) atoms. The van der Waals surface area contributed by atoms with Crippen LogP contribution in [0.25, 0.3) is 0 Å². The third-order valence-corrected chi connectivity index (χ3v) is 2.50. The summed E-state index contributed by atoms with van der Waals surface area (Å²) in [5.74, 6) is 6.17. The normalized spacial score (nSPS) is 9.79. The lowest BCUT2D eigenvalue weighted by Crippen LogP contribution is -2.08. The standard InChI is InChI=1S/C14H13NO4/c1-17-11-6-8-12(9-7-11)18-14(16)10-2-4-13(19-15)5-3-10/h2-9H,15H2,1H3. The lowest BCUT2D eigenvalue weighted by Gasteiger charge is -2.06. The number of esters is 1. The number of rotatable bonds is 4. The molecule has 5 heteroatoms. The molecule has 0 bridgehead atoms. The van der Waals surface area contributed by atoms with Crippen LogP contribution in [0.5, 0.6) is 17.2 Å². The summed E-state index contributed by atoms with van der Waals surface area (Å²) in [4.78, 5) is 16.4. The molecule has 0 amide bonds. The Morgan fingerprint density at radius 3 is 1.95 bits per heavy atom. The fraction of sp³-hybridized carbons (Fsp3) is 0.0714. The summed E-state index contributed by atoms with van der Waals surface area (Å²) in [7, 11) is 1.57. The molecule has 0 fully saturated rings. The Labute approximate surface area is 110 Å². The van der Waals surface area contributed by atoms with Crippen LogP contribution in [-0.4, -0.2) is 13.1 Å². The fourth-order valence-corrected chi connectivity index (χ4v) is 1.48. The van der Waals surface area contributed by atoms with E-state index in [9.17, 15) is 4.79 Å². The van der Waals surface area contributed by atoms with E-state index in [4.69, 9.17) is 15.4 Å². The average molecular weight is 259 g/mol. The number of benzene rings is 2. The van der Waals surface area contributed by atoms with E-state index < -0.39 is 5.97 Å². The summed E-state index contributed by atoms with van der Waals surface area (Å²) in [6.45, 7) is 0. The largest absolute Gasteiger partial charge is 0.497 e. The lowest BCUT2D eigenvalue weighted by atomic mass is 10.2. The first-order chi connectivity index (χ1) is 9.22. The molecule has 0 heterocycles. The molecule has 2 rings (SSSR count). The molecule has 0 aliphatic rings. The van der Waals surface area contributed by atoms with Crippen LogP contribution in [0.3, 0.4) is 0 Å². The maximum Gasteiger partial charge on any atom is 0.343 e. The SMILES string of the molecule is COc1ccc(OC(=O)c2ccc(ON)cc2)cc1. The maximum absolute atomic E-state index is 11.8. The topological polar surface area (TPSA) is 70.8 Å². The van der Waals surface area contributed by atoms with Crippen LogP contribution in [0.4, 0.5) is 0 Å². The molecule has 0 saturated heterocycles. The zero-order valence-corrected chi connectivity index (χ0v) is 10.3. The zero-order valence-electron chi connectivity index (χ0n) is 10.3. The van der Waals surface area contributed by atoms with Gasteiger partial charge in [0.2, 0.25) is 0 Å². The van der Waals surface area contributed by atoms with Gasteiger partial charge >= 0.3 is 5.97 Å². The number of methoxy groups -OCH3 is 1. The Kier molecular flexibility index (Phi) is 4.00. The molecule has 0 atom stereocenters. The fourth-order valence-electron chi connectivity index (χ4n) is 1.48. The third kappa shape index (κ3) is 3.23. The number of ether oxygens (including phenoxy) is 2. The van der Waals surface area contributed by atoms with Crippen LogP contribution >= 0.6 is 0 Å². The minimum absolute atomic E-state index is 0.414. The van der Waals surface area contributed by atoms with Crippen molar-refractivity contribution in [2.24, 2.45) is 5.90 Å². The summed E-state index contributed by atoms with van der Waals surface area (Å²) < 4.78 is 10.2. The summed E-state index contributed by atoms with van der Waals surface area (Å²) in [5, 5.41) is 0. The van der Waals surface area contributed by atoms with E-state index in [1.54, 1.807) is 55.6 Å². The lowest BCUT2D eigenvalue weighted by molar-refractivity contribution is 0.0734. The van der Waals surface area contributed by atoms with Gasteiger partial charge in [0, 0.05) is 0 Å². The van der Waals surface area contributed by atoms with Crippen LogP contribution in [0.1, 0.15) is 10.4 Å². The van der Waals surface area contributed by atoms with Crippen molar-refractivity contribution in [3.63, 3.8) is 0 Å². The molecular weight excluding hydrogens is 246 g/mol. The molecule has 5 nitrogen and oxygen atoms in total. The second-order valence-corrected chi connectivity index (χ2v) is 3.71. The summed E-state index contributed by atoms with van der Waals surface area (Å²) in [6, 6.07) is 13.1. The highest BCUT2D eigenvalue weighted by molar-refractivity contribution is 5.91. The first-order valence-electron chi connectivity index (χ1n) is 5.56. The number of nitrogens with two attached hydrogens (primary N) is 1. The Morgan fingerprint density at radius 2 is 1.42 bits per heavy atom. The highest BCUT2D eigenvalue weighted by Gasteiger charge is 2.08. The van der Waals surface area contributed by atoms with Gasteiger partial charge in [-0.25, -0.2) is 4.79 Å². The van der Waals surface area contributed by atoms with Gasteiger partial charge in [-0.05, 0) is 48.5 Å². The van der Waals surface area contributed by atoms with Crippen molar-refractivity contribution < 1.29 is 19.1 Å². The Balaban J connectivity index is 2.06. The summed E-state index contributed by atoms with van der Waals surface area (Å²) in [5.41, 5.74) is 0.414. The van der Waals surface area contributed by atoms with E-state index in [2.05, 4.69) is 4.84 Å². The van der Waals surface area contributed by atoms with Crippen LogP contribution in [0.15, 0.2) is 48.5 Å². The molecule has 0 aliphatic carbocycles. The predicted octanol–water partition coefficient (Wildman–Crippen LogP) is 2.17. The molecule has 2 aromatic rings. The molecule has 0 saturated carbocycles. The minimum Gasteiger partial charge on any atom is -0.497 e. The van der Waals surface area contributed by atoms with Gasteiger partial charge in [0.05, 0.1) is 12.7 Å². The van der Waals surface area contributed by atoms with Crippen molar-refractivity contribution in [1.29, 1.82) is 0 Å². The summed E-state index contributed by atoms with van der Waals surface area (Å²) >= 11 is 0. The molecular formula is C14H13NO4. The highest BCUT2D eigenvalue weighted by Crippen LogP contribution is 2.19. The zero-order chi connectivity index (χ0) is 13.7. The molecule has 2 N–H and O–H groups in total. The molecule has 0 aromatic heterocycles. The van der Waals surface area contributed by atoms with Gasteiger partial charge in [0.25, 0.3) is 0 Å². The van der Waals surface area contributed by atoms with Gasteiger partial charge in [-0.15, -0.1) is 0 Å². The molecule has 98 valence electrons. The third-order valence-electron chi connectivity index (χ3n) is 2.50. The number of hydrogen-bond acceptors (Lipinski definition) is 5. The average Bonchev–Trinajstić information content (AvgIpc) is 2.48. The van der Waals surface area contributed by atoms with Crippen LogP contribution in [0.2, 0.25) is 0 Å². The van der Waals surface area contributed by atoms with Gasteiger partial charge in [-0.2, -0.15) is 5.90 Å². The van der Waals surface area contributed by atoms with E-state index in [1.165, 1.54) is 0 Å². The molecule has 0 spiro atoms. The summed E-state index contributed by atoms with van der Waals surface area (Å²) in [6.07, 6.45) is 0.